The average molecular weight is 320 g/mol. The van der Waals surface area contributed by atoms with Gasteiger partial charge in [0.1, 0.15) is 11.5 Å². The predicted molar refractivity (Wildman–Crippen MR) is 86.8 cm³/mol. The fourth-order valence-corrected chi connectivity index (χ4v) is 2.39. The molecule has 0 saturated carbocycles. The number of carbonyl (C=O) groups excluding carboxylic acids is 1. The van der Waals surface area contributed by atoms with Crippen molar-refractivity contribution in [2.45, 2.75) is 6.54 Å². The number of rotatable bonds is 5. The maximum atomic E-state index is 12.6. The molecule has 0 aliphatic carbocycles. The van der Waals surface area contributed by atoms with Gasteiger partial charge in [-0.15, -0.1) is 0 Å². The molecule has 4 nitrogen and oxygen atoms in total. The zero-order chi connectivity index (χ0) is 16.1. The minimum atomic E-state index is -0.162. The third-order valence-corrected chi connectivity index (χ3v) is 3.57. The highest BCUT2D eigenvalue weighted by Gasteiger charge is 2.18. The Hall–Kier alpha value is -2.20. The molecule has 2 aromatic rings. The van der Waals surface area contributed by atoms with Crippen molar-refractivity contribution in [2.24, 2.45) is 0 Å². The second-order valence-electron chi connectivity index (χ2n) is 4.82. The molecule has 0 heterocycles. The number of nitrogens with zero attached hydrogens (tertiary/aromatic N) is 1. The molecule has 0 radical (unpaired) electrons. The summed E-state index contributed by atoms with van der Waals surface area (Å²) in [4.78, 5) is 14.2. The van der Waals surface area contributed by atoms with Crippen LogP contribution in [0.1, 0.15) is 15.9 Å². The number of carbonyl (C=O) groups is 1. The van der Waals surface area contributed by atoms with Gasteiger partial charge in [0, 0.05) is 24.2 Å². The number of para-hydroxylation sites is 1. The first-order valence-electron chi connectivity index (χ1n) is 6.77. The summed E-state index contributed by atoms with van der Waals surface area (Å²) in [6.07, 6.45) is 0. The average Bonchev–Trinajstić information content (AvgIpc) is 2.54. The maximum absolute atomic E-state index is 12.6. The Bertz CT molecular complexity index is 673. The van der Waals surface area contributed by atoms with Crippen molar-refractivity contribution in [3.8, 4) is 11.5 Å². The molecule has 2 rings (SSSR count). The molecule has 0 saturated heterocycles. The van der Waals surface area contributed by atoms with Crippen molar-refractivity contribution in [1.82, 2.24) is 4.90 Å². The zero-order valence-corrected chi connectivity index (χ0v) is 13.6. The smallest absolute Gasteiger partial charge is 0.257 e. The second kappa shape index (κ2) is 7.18. The number of methoxy groups -OCH3 is 2. The van der Waals surface area contributed by atoms with Gasteiger partial charge < -0.3 is 14.4 Å². The molecule has 1 amide bonds. The minimum absolute atomic E-state index is 0.162. The summed E-state index contributed by atoms with van der Waals surface area (Å²) in [7, 11) is 4.87. The molecular weight excluding hydrogens is 302 g/mol. The summed E-state index contributed by atoms with van der Waals surface area (Å²) >= 11 is 5.98. The Morgan fingerprint density at radius 1 is 1.09 bits per heavy atom. The lowest BCUT2D eigenvalue weighted by atomic mass is 10.1. The van der Waals surface area contributed by atoms with E-state index in [0.29, 0.717) is 22.9 Å². The van der Waals surface area contributed by atoms with Crippen LogP contribution in [0.25, 0.3) is 0 Å². The fraction of sp³-hybridized carbons (Fsp3) is 0.235. The van der Waals surface area contributed by atoms with Gasteiger partial charge in [-0.1, -0.05) is 29.8 Å². The van der Waals surface area contributed by atoms with Crippen molar-refractivity contribution < 1.29 is 14.3 Å². The molecule has 0 bridgehead atoms. The van der Waals surface area contributed by atoms with E-state index in [9.17, 15) is 4.79 Å². The van der Waals surface area contributed by atoms with Crippen molar-refractivity contribution in [2.75, 3.05) is 21.3 Å². The van der Waals surface area contributed by atoms with Crippen LogP contribution in [0.4, 0.5) is 0 Å². The summed E-state index contributed by atoms with van der Waals surface area (Å²) < 4.78 is 10.5. The highest BCUT2D eigenvalue weighted by molar-refractivity contribution is 6.31. The van der Waals surface area contributed by atoms with E-state index in [2.05, 4.69) is 0 Å². The first kappa shape index (κ1) is 16.2. The van der Waals surface area contributed by atoms with Crippen LogP contribution in [0.3, 0.4) is 0 Å². The van der Waals surface area contributed by atoms with Gasteiger partial charge in [-0.05, 0) is 24.3 Å². The number of benzene rings is 2. The van der Waals surface area contributed by atoms with Gasteiger partial charge in [-0.2, -0.15) is 0 Å². The molecule has 0 spiro atoms. The third-order valence-electron chi connectivity index (χ3n) is 3.34. The van der Waals surface area contributed by atoms with Crippen LogP contribution >= 0.6 is 11.6 Å². The quantitative estimate of drug-likeness (QED) is 0.844. The topological polar surface area (TPSA) is 38.8 Å². The van der Waals surface area contributed by atoms with Crippen LogP contribution in [-0.4, -0.2) is 32.1 Å². The molecular formula is C17H18ClNO3. The molecule has 0 N–H and O–H groups in total. The van der Waals surface area contributed by atoms with Crippen molar-refractivity contribution in [3.05, 3.63) is 58.6 Å². The van der Waals surface area contributed by atoms with Gasteiger partial charge in [0.2, 0.25) is 0 Å². The standard InChI is InChI=1S/C17H18ClNO3/c1-19(11-12-6-4-5-7-15(12)21-2)17(20)14-10-13(18)8-9-16(14)22-3/h4-10H,11H2,1-3H3. The zero-order valence-electron chi connectivity index (χ0n) is 12.8. The lowest BCUT2D eigenvalue weighted by molar-refractivity contribution is 0.0781. The van der Waals surface area contributed by atoms with Crippen LogP contribution in [0.15, 0.2) is 42.5 Å². The number of halogens is 1. The molecule has 0 unspecified atom stereocenters. The van der Waals surface area contributed by atoms with Crippen molar-refractivity contribution >= 4 is 17.5 Å². The van der Waals surface area contributed by atoms with E-state index in [0.717, 1.165) is 11.3 Å². The summed E-state index contributed by atoms with van der Waals surface area (Å²) in [5, 5.41) is 0.495. The summed E-state index contributed by atoms with van der Waals surface area (Å²) in [6.45, 7) is 0.429. The van der Waals surface area contributed by atoms with Crippen molar-refractivity contribution in [1.29, 1.82) is 0 Å². The Kier molecular flexibility index (Phi) is 5.28. The summed E-state index contributed by atoms with van der Waals surface area (Å²) in [6, 6.07) is 12.6. The molecule has 0 aromatic heterocycles. The lowest BCUT2D eigenvalue weighted by Crippen LogP contribution is -2.26. The van der Waals surface area contributed by atoms with Gasteiger partial charge in [-0.25, -0.2) is 0 Å². The number of hydrogen-bond acceptors (Lipinski definition) is 3. The van der Waals surface area contributed by atoms with Gasteiger partial charge >= 0.3 is 0 Å². The summed E-state index contributed by atoms with van der Waals surface area (Å²) in [5.41, 5.74) is 1.37. The molecule has 22 heavy (non-hydrogen) atoms. The molecule has 116 valence electrons. The number of hydrogen-bond donors (Lipinski definition) is 0. The highest BCUT2D eigenvalue weighted by Crippen LogP contribution is 2.25. The minimum Gasteiger partial charge on any atom is -0.496 e. The van der Waals surface area contributed by atoms with Crippen LogP contribution in [0, 0.1) is 0 Å². The van der Waals surface area contributed by atoms with Crippen LogP contribution < -0.4 is 9.47 Å². The van der Waals surface area contributed by atoms with Gasteiger partial charge in [0.05, 0.1) is 19.8 Å². The first-order chi connectivity index (χ1) is 10.6. The monoisotopic (exact) mass is 319 g/mol. The SMILES string of the molecule is COc1ccccc1CN(C)C(=O)c1cc(Cl)ccc1OC. The largest absolute Gasteiger partial charge is 0.496 e. The van der Waals surface area contributed by atoms with Crippen LogP contribution in [-0.2, 0) is 6.54 Å². The van der Waals surface area contributed by atoms with Gasteiger partial charge in [0.15, 0.2) is 0 Å². The molecule has 0 atom stereocenters. The summed E-state index contributed by atoms with van der Waals surface area (Å²) in [5.74, 6) is 1.09. The van der Waals surface area contributed by atoms with Crippen LogP contribution in [0.2, 0.25) is 5.02 Å². The Labute approximate surface area is 135 Å². The predicted octanol–water partition coefficient (Wildman–Crippen LogP) is 3.63. The number of amides is 1. The van der Waals surface area contributed by atoms with Crippen LogP contribution in [0.5, 0.6) is 11.5 Å². The van der Waals surface area contributed by atoms with E-state index >= 15 is 0 Å². The maximum Gasteiger partial charge on any atom is 0.257 e. The second-order valence-corrected chi connectivity index (χ2v) is 5.25. The first-order valence-corrected chi connectivity index (χ1v) is 7.15. The lowest BCUT2D eigenvalue weighted by Gasteiger charge is -2.20. The number of ether oxygens (including phenoxy) is 2. The van der Waals surface area contributed by atoms with E-state index in [4.69, 9.17) is 21.1 Å². The van der Waals surface area contributed by atoms with Gasteiger partial charge in [0.25, 0.3) is 5.91 Å². The Morgan fingerprint density at radius 2 is 1.77 bits per heavy atom. The normalized spacial score (nSPS) is 10.2. The molecule has 0 aliphatic heterocycles. The molecule has 0 aliphatic rings. The van der Waals surface area contributed by atoms with E-state index < -0.39 is 0 Å². The van der Waals surface area contributed by atoms with E-state index in [1.165, 1.54) is 7.11 Å². The molecule has 2 aromatic carbocycles. The Balaban J connectivity index is 2.24. The van der Waals surface area contributed by atoms with Gasteiger partial charge in [-0.3, -0.25) is 4.79 Å². The molecule has 5 heteroatoms. The highest BCUT2D eigenvalue weighted by atomic mass is 35.5. The third kappa shape index (κ3) is 3.52. The van der Waals surface area contributed by atoms with E-state index in [1.807, 2.05) is 24.3 Å². The fourth-order valence-electron chi connectivity index (χ4n) is 2.21. The molecule has 0 fully saturated rings. The van der Waals surface area contributed by atoms with E-state index in [1.54, 1.807) is 37.3 Å². The Morgan fingerprint density at radius 3 is 2.45 bits per heavy atom. The van der Waals surface area contributed by atoms with Crippen molar-refractivity contribution in [3.63, 3.8) is 0 Å². The van der Waals surface area contributed by atoms with E-state index in [-0.39, 0.29) is 5.91 Å².